The smallest absolute Gasteiger partial charge is 0.321 e. The SMILES string of the molecule is NC1(c2cccc(-n3cc[nH]c3=O)c2)CC1. The van der Waals surface area contributed by atoms with Crippen LogP contribution in [0.25, 0.3) is 5.69 Å². The third kappa shape index (κ3) is 1.39. The van der Waals surface area contributed by atoms with E-state index in [0.717, 1.165) is 24.1 Å². The van der Waals surface area contributed by atoms with Crippen LogP contribution in [-0.4, -0.2) is 9.55 Å². The number of H-pyrrole nitrogens is 1. The molecule has 1 aromatic heterocycles. The van der Waals surface area contributed by atoms with E-state index in [9.17, 15) is 4.79 Å². The number of hydrogen-bond acceptors (Lipinski definition) is 2. The lowest BCUT2D eigenvalue weighted by molar-refractivity contribution is 0.738. The largest absolute Gasteiger partial charge is 0.330 e. The molecule has 0 unspecified atom stereocenters. The molecule has 4 heteroatoms. The van der Waals surface area contributed by atoms with Gasteiger partial charge in [-0.05, 0) is 30.5 Å². The lowest BCUT2D eigenvalue weighted by Crippen LogP contribution is -2.20. The Morgan fingerprint density at radius 1 is 1.38 bits per heavy atom. The first-order valence-corrected chi connectivity index (χ1v) is 5.35. The summed E-state index contributed by atoms with van der Waals surface area (Å²) < 4.78 is 1.58. The van der Waals surface area contributed by atoms with E-state index in [1.165, 1.54) is 0 Å². The summed E-state index contributed by atoms with van der Waals surface area (Å²) in [6.45, 7) is 0. The number of imidazole rings is 1. The molecule has 82 valence electrons. The summed E-state index contributed by atoms with van der Waals surface area (Å²) in [5, 5.41) is 0. The van der Waals surface area contributed by atoms with Gasteiger partial charge < -0.3 is 10.7 Å². The zero-order valence-corrected chi connectivity index (χ0v) is 8.81. The van der Waals surface area contributed by atoms with Crippen molar-refractivity contribution >= 4 is 0 Å². The Balaban J connectivity index is 2.09. The van der Waals surface area contributed by atoms with E-state index in [4.69, 9.17) is 5.73 Å². The summed E-state index contributed by atoms with van der Waals surface area (Å²) in [7, 11) is 0. The third-order valence-corrected chi connectivity index (χ3v) is 3.14. The van der Waals surface area contributed by atoms with E-state index in [2.05, 4.69) is 4.98 Å². The normalized spacial score (nSPS) is 17.3. The van der Waals surface area contributed by atoms with Crippen molar-refractivity contribution in [2.75, 3.05) is 0 Å². The van der Waals surface area contributed by atoms with Gasteiger partial charge in [0.15, 0.2) is 0 Å². The van der Waals surface area contributed by atoms with Crippen LogP contribution >= 0.6 is 0 Å². The van der Waals surface area contributed by atoms with Crippen molar-refractivity contribution in [2.45, 2.75) is 18.4 Å². The molecular weight excluding hydrogens is 202 g/mol. The lowest BCUT2D eigenvalue weighted by Gasteiger charge is -2.10. The molecule has 3 rings (SSSR count). The zero-order valence-electron chi connectivity index (χ0n) is 8.81. The number of benzene rings is 1. The van der Waals surface area contributed by atoms with E-state index >= 15 is 0 Å². The van der Waals surface area contributed by atoms with E-state index in [0.29, 0.717) is 0 Å². The minimum absolute atomic E-state index is 0.126. The van der Waals surface area contributed by atoms with Crippen LogP contribution < -0.4 is 11.4 Å². The number of hydrogen-bond donors (Lipinski definition) is 2. The summed E-state index contributed by atoms with van der Waals surface area (Å²) in [5.74, 6) is 0. The van der Waals surface area contributed by atoms with Gasteiger partial charge in [0.25, 0.3) is 0 Å². The molecule has 0 radical (unpaired) electrons. The number of rotatable bonds is 2. The zero-order chi connectivity index (χ0) is 11.2. The minimum atomic E-state index is -0.157. The monoisotopic (exact) mass is 215 g/mol. The first kappa shape index (κ1) is 9.42. The Bertz CT molecular complexity index is 578. The number of nitrogens with two attached hydrogens (primary N) is 1. The quantitative estimate of drug-likeness (QED) is 0.788. The number of aromatic nitrogens is 2. The van der Waals surface area contributed by atoms with Crippen molar-refractivity contribution in [2.24, 2.45) is 5.73 Å². The second-order valence-corrected chi connectivity index (χ2v) is 4.34. The molecule has 16 heavy (non-hydrogen) atoms. The molecule has 1 aliphatic rings. The fourth-order valence-electron chi connectivity index (χ4n) is 1.91. The molecule has 0 saturated heterocycles. The van der Waals surface area contributed by atoms with Crippen LogP contribution in [0.1, 0.15) is 18.4 Å². The van der Waals surface area contributed by atoms with Gasteiger partial charge in [0, 0.05) is 17.9 Å². The molecule has 1 aliphatic carbocycles. The summed E-state index contributed by atoms with van der Waals surface area (Å²) in [4.78, 5) is 14.1. The highest BCUT2D eigenvalue weighted by molar-refractivity contribution is 5.40. The molecule has 4 nitrogen and oxygen atoms in total. The maximum atomic E-state index is 11.5. The standard InChI is InChI=1S/C12H13N3O/c13-12(4-5-12)9-2-1-3-10(8-9)15-7-6-14-11(15)16/h1-3,6-8H,4-5,13H2,(H,14,16). The fourth-order valence-corrected chi connectivity index (χ4v) is 1.91. The van der Waals surface area contributed by atoms with Gasteiger partial charge in [0.05, 0.1) is 5.69 Å². The Morgan fingerprint density at radius 2 is 2.19 bits per heavy atom. The van der Waals surface area contributed by atoms with Crippen LogP contribution in [0, 0.1) is 0 Å². The second-order valence-electron chi connectivity index (χ2n) is 4.34. The maximum absolute atomic E-state index is 11.5. The Hall–Kier alpha value is -1.81. The summed E-state index contributed by atoms with van der Waals surface area (Å²) in [5.41, 5.74) is 7.82. The van der Waals surface area contributed by atoms with Gasteiger partial charge >= 0.3 is 5.69 Å². The van der Waals surface area contributed by atoms with Crippen LogP contribution in [-0.2, 0) is 5.54 Å². The van der Waals surface area contributed by atoms with E-state index in [1.807, 2.05) is 24.3 Å². The summed E-state index contributed by atoms with van der Waals surface area (Å²) in [6.07, 6.45) is 5.40. The Kier molecular flexibility index (Phi) is 1.82. The molecule has 1 fully saturated rings. The predicted octanol–water partition coefficient (Wildman–Crippen LogP) is 1.11. The van der Waals surface area contributed by atoms with Crippen molar-refractivity contribution in [3.63, 3.8) is 0 Å². The molecule has 0 spiro atoms. The van der Waals surface area contributed by atoms with Crippen molar-refractivity contribution in [3.8, 4) is 5.69 Å². The first-order valence-electron chi connectivity index (χ1n) is 5.35. The molecule has 1 aromatic carbocycles. The van der Waals surface area contributed by atoms with Gasteiger partial charge in [-0.1, -0.05) is 12.1 Å². The topological polar surface area (TPSA) is 63.8 Å². The van der Waals surface area contributed by atoms with Crippen LogP contribution in [0.4, 0.5) is 0 Å². The Morgan fingerprint density at radius 3 is 2.81 bits per heavy atom. The van der Waals surface area contributed by atoms with Crippen molar-refractivity contribution in [3.05, 3.63) is 52.7 Å². The molecule has 1 heterocycles. The van der Waals surface area contributed by atoms with E-state index in [1.54, 1.807) is 17.0 Å². The third-order valence-electron chi connectivity index (χ3n) is 3.14. The number of aromatic amines is 1. The summed E-state index contributed by atoms with van der Waals surface area (Å²) in [6, 6.07) is 7.86. The average Bonchev–Trinajstić information content (AvgIpc) is 2.90. The predicted molar refractivity (Wildman–Crippen MR) is 61.5 cm³/mol. The minimum Gasteiger partial charge on any atom is -0.321 e. The second kappa shape index (κ2) is 3.09. The van der Waals surface area contributed by atoms with Crippen molar-refractivity contribution < 1.29 is 0 Å². The molecule has 1 saturated carbocycles. The summed E-state index contributed by atoms with van der Waals surface area (Å²) >= 11 is 0. The molecule has 0 atom stereocenters. The average molecular weight is 215 g/mol. The molecule has 0 bridgehead atoms. The van der Waals surface area contributed by atoms with Crippen LogP contribution in [0.2, 0.25) is 0 Å². The van der Waals surface area contributed by atoms with Gasteiger partial charge in [0.1, 0.15) is 0 Å². The number of nitrogens with zero attached hydrogens (tertiary/aromatic N) is 1. The highest BCUT2D eigenvalue weighted by atomic mass is 16.1. The number of nitrogens with one attached hydrogen (secondary N) is 1. The van der Waals surface area contributed by atoms with Gasteiger partial charge in [-0.3, -0.25) is 4.57 Å². The van der Waals surface area contributed by atoms with Crippen LogP contribution in [0.5, 0.6) is 0 Å². The highest BCUT2D eigenvalue weighted by Gasteiger charge is 2.39. The lowest BCUT2D eigenvalue weighted by atomic mass is 10.1. The van der Waals surface area contributed by atoms with Gasteiger partial charge in [-0.2, -0.15) is 0 Å². The maximum Gasteiger partial charge on any atom is 0.330 e. The molecule has 0 aliphatic heterocycles. The molecule has 0 amide bonds. The van der Waals surface area contributed by atoms with Gasteiger partial charge in [-0.15, -0.1) is 0 Å². The van der Waals surface area contributed by atoms with Gasteiger partial charge in [-0.25, -0.2) is 4.79 Å². The van der Waals surface area contributed by atoms with Gasteiger partial charge in [0.2, 0.25) is 0 Å². The molecule has 2 aromatic rings. The van der Waals surface area contributed by atoms with Crippen molar-refractivity contribution in [1.29, 1.82) is 0 Å². The van der Waals surface area contributed by atoms with E-state index < -0.39 is 0 Å². The van der Waals surface area contributed by atoms with Crippen molar-refractivity contribution in [1.82, 2.24) is 9.55 Å². The molecule has 3 N–H and O–H groups in total. The van der Waals surface area contributed by atoms with Crippen LogP contribution in [0.15, 0.2) is 41.5 Å². The Labute approximate surface area is 92.7 Å². The molecular formula is C12H13N3O. The highest BCUT2D eigenvalue weighted by Crippen LogP contribution is 2.42. The first-order chi connectivity index (χ1) is 7.69. The fraction of sp³-hybridized carbons (Fsp3) is 0.250. The van der Waals surface area contributed by atoms with E-state index in [-0.39, 0.29) is 11.2 Å². The van der Waals surface area contributed by atoms with Crippen LogP contribution in [0.3, 0.4) is 0 Å².